The number of carbonyl (C=O) groups excluding carboxylic acids is 1. The van der Waals surface area contributed by atoms with E-state index in [0.717, 1.165) is 36.4 Å². The molecule has 0 aliphatic carbocycles. The van der Waals surface area contributed by atoms with Gasteiger partial charge in [0.15, 0.2) is 11.5 Å². The molecule has 1 saturated heterocycles. The molecular formula is C26H28N2O3. The Morgan fingerprint density at radius 3 is 2.77 bits per heavy atom. The largest absolute Gasteiger partial charge is 0.486 e. The summed E-state index contributed by atoms with van der Waals surface area (Å²) in [5.41, 5.74) is 2.34. The lowest BCUT2D eigenvalue weighted by Crippen LogP contribution is -2.38. The van der Waals surface area contributed by atoms with Crippen LogP contribution in [0.15, 0.2) is 60.7 Å². The highest BCUT2D eigenvalue weighted by molar-refractivity contribution is 5.87. The van der Waals surface area contributed by atoms with E-state index in [2.05, 4.69) is 59.6 Å². The van der Waals surface area contributed by atoms with Crippen molar-refractivity contribution < 1.29 is 14.3 Å². The third-order valence-electron chi connectivity index (χ3n) is 6.33. The number of likely N-dealkylation sites (tertiary alicyclic amines) is 1. The minimum absolute atomic E-state index is 0.0473. The van der Waals surface area contributed by atoms with Crippen LogP contribution in [0, 0.1) is 0 Å². The fourth-order valence-electron chi connectivity index (χ4n) is 4.84. The molecule has 1 fully saturated rings. The number of fused-ring (bicyclic) bond motifs is 2. The Hall–Kier alpha value is -3.05. The van der Waals surface area contributed by atoms with Crippen LogP contribution in [-0.2, 0) is 4.79 Å². The van der Waals surface area contributed by atoms with Crippen LogP contribution in [-0.4, -0.2) is 37.1 Å². The van der Waals surface area contributed by atoms with Crippen molar-refractivity contribution in [3.63, 3.8) is 0 Å². The average Bonchev–Trinajstić information content (AvgIpc) is 3.26. The minimum Gasteiger partial charge on any atom is -0.486 e. The Kier molecular flexibility index (Phi) is 5.51. The first-order chi connectivity index (χ1) is 15.2. The van der Waals surface area contributed by atoms with Gasteiger partial charge in [0, 0.05) is 6.04 Å². The summed E-state index contributed by atoms with van der Waals surface area (Å²) in [4.78, 5) is 15.2. The van der Waals surface area contributed by atoms with Crippen molar-refractivity contribution >= 4 is 16.7 Å². The van der Waals surface area contributed by atoms with Gasteiger partial charge in [-0.15, -0.1) is 0 Å². The standard InChI is InChI=1S/C26H28N2O3/c1-18(21-9-4-7-19-6-2-3-8-22(19)21)27-26(29)17-28-13-5-10-23(28)20-11-12-24-25(16-20)31-15-14-30-24/h2-4,6-9,11-12,16,18,23H,5,10,13-15,17H2,1H3,(H,27,29)/t18-,23-/m1/s1. The van der Waals surface area contributed by atoms with Crippen LogP contribution in [0.5, 0.6) is 11.5 Å². The summed E-state index contributed by atoms with van der Waals surface area (Å²) >= 11 is 0. The lowest BCUT2D eigenvalue weighted by molar-refractivity contribution is -0.123. The summed E-state index contributed by atoms with van der Waals surface area (Å²) in [5, 5.41) is 5.59. The van der Waals surface area contributed by atoms with Gasteiger partial charge in [-0.25, -0.2) is 0 Å². The monoisotopic (exact) mass is 416 g/mol. The predicted molar refractivity (Wildman–Crippen MR) is 121 cm³/mol. The second kappa shape index (κ2) is 8.60. The van der Waals surface area contributed by atoms with Gasteiger partial charge in [-0.05, 0) is 60.3 Å². The van der Waals surface area contributed by atoms with Crippen LogP contribution in [0.25, 0.3) is 10.8 Å². The van der Waals surface area contributed by atoms with Gasteiger partial charge in [0.25, 0.3) is 0 Å². The number of rotatable bonds is 5. The smallest absolute Gasteiger partial charge is 0.234 e. The van der Waals surface area contributed by atoms with E-state index in [9.17, 15) is 4.79 Å². The molecule has 31 heavy (non-hydrogen) atoms. The molecule has 5 rings (SSSR count). The topological polar surface area (TPSA) is 50.8 Å². The molecule has 2 aliphatic rings. The lowest BCUT2D eigenvalue weighted by Gasteiger charge is -2.27. The molecule has 0 saturated carbocycles. The Bertz CT molecular complexity index is 1090. The van der Waals surface area contributed by atoms with Gasteiger partial charge < -0.3 is 14.8 Å². The van der Waals surface area contributed by atoms with Gasteiger partial charge in [0.05, 0.1) is 12.6 Å². The van der Waals surface area contributed by atoms with Crippen molar-refractivity contribution in [2.24, 2.45) is 0 Å². The molecule has 2 aliphatic heterocycles. The summed E-state index contributed by atoms with van der Waals surface area (Å²) in [6, 6.07) is 20.9. The number of carbonyl (C=O) groups is 1. The zero-order valence-electron chi connectivity index (χ0n) is 17.8. The molecule has 5 nitrogen and oxygen atoms in total. The van der Waals surface area contributed by atoms with E-state index in [-0.39, 0.29) is 18.0 Å². The molecule has 0 spiro atoms. The van der Waals surface area contributed by atoms with Crippen molar-refractivity contribution in [3.8, 4) is 11.5 Å². The molecule has 5 heteroatoms. The number of hydrogen-bond acceptors (Lipinski definition) is 4. The highest BCUT2D eigenvalue weighted by Crippen LogP contribution is 2.38. The van der Waals surface area contributed by atoms with E-state index in [0.29, 0.717) is 19.8 Å². The predicted octanol–water partition coefficient (Wildman–Crippen LogP) is 4.63. The van der Waals surface area contributed by atoms with E-state index in [1.54, 1.807) is 0 Å². The molecule has 1 N–H and O–H groups in total. The van der Waals surface area contributed by atoms with Gasteiger partial charge in [-0.2, -0.15) is 0 Å². The van der Waals surface area contributed by atoms with E-state index in [1.165, 1.54) is 16.3 Å². The number of amides is 1. The van der Waals surface area contributed by atoms with Crippen LogP contribution in [0.4, 0.5) is 0 Å². The molecule has 1 amide bonds. The molecule has 2 heterocycles. The maximum absolute atomic E-state index is 12.9. The van der Waals surface area contributed by atoms with Crippen LogP contribution in [0.3, 0.4) is 0 Å². The molecule has 0 bridgehead atoms. The molecule has 0 aromatic heterocycles. The second-order valence-corrected chi connectivity index (χ2v) is 8.39. The summed E-state index contributed by atoms with van der Waals surface area (Å²) < 4.78 is 11.4. The van der Waals surface area contributed by atoms with Crippen molar-refractivity contribution in [1.29, 1.82) is 0 Å². The maximum Gasteiger partial charge on any atom is 0.234 e. The second-order valence-electron chi connectivity index (χ2n) is 8.39. The van der Waals surface area contributed by atoms with Gasteiger partial charge in [0.2, 0.25) is 5.91 Å². The van der Waals surface area contributed by atoms with Crippen molar-refractivity contribution in [3.05, 3.63) is 71.8 Å². The number of nitrogens with zero attached hydrogens (tertiary/aromatic N) is 1. The number of benzene rings is 3. The van der Waals surface area contributed by atoms with E-state index >= 15 is 0 Å². The molecule has 160 valence electrons. The highest BCUT2D eigenvalue weighted by Gasteiger charge is 2.29. The summed E-state index contributed by atoms with van der Waals surface area (Å²) in [6.45, 7) is 4.56. The van der Waals surface area contributed by atoms with Gasteiger partial charge in [0.1, 0.15) is 13.2 Å². The third-order valence-corrected chi connectivity index (χ3v) is 6.33. The van der Waals surface area contributed by atoms with Crippen LogP contribution in [0.2, 0.25) is 0 Å². The quantitative estimate of drug-likeness (QED) is 0.659. The highest BCUT2D eigenvalue weighted by atomic mass is 16.6. The third kappa shape index (κ3) is 4.10. The molecular weight excluding hydrogens is 388 g/mol. The van der Waals surface area contributed by atoms with E-state index < -0.39 is 0 Å². The summed E-state index contributed by atoms with van der Waals surface area (Å²) in [5.74, 6) is 1.68. The molecule has 0 radical (unpaired) electrons. The van der Waals surface area contributed by atoms with E-state index in [4.69, 9.17) is 9.47 Å². The molecule has 0 unspecified atom stereocenters. The fourth-order valence-corrected chi connectivity index (χ4v) is 4.84. The Balaban J connectivity index is 1.27. The lowest BCUT2D eigenvalue weighted by atomic mass is 9.99. The Morgan fingerprint density at radius 2 is 1.87 bits per heavy atom. The van der Waals surface area contributed by atoms with E-state index in [1.807, 2.05) is 18.2 Å². The fraction of sp³-hybridized carbons (Fsp3) is 0.346. The van der Waals surface area contributed by atoms with Gasteiger partial charge in [-0.1, -0.05) is 48.5 Å². The van der Waals surface area contributed by atoms with Crippen LogP contribution >= 0.6 is 0 Å². The van der Waals surface area contributed by atoms with Crippen molar-refractivity contribution in [1.82, 2.24) is 10.2 Å². The maximum atomic E-state index is 12.9. The number of nitrogens with one attached hydrogen (secondary N) is 1. The zero-order valence-corrected chi connectivity index (χ0v) is 17.8. The number of hydrogen-bond donors (Lipinski definition) is 1. The van der Waals surface area contributed by atoms with Crippen molar-refractivity contribution in [2.45, 2.75) is 31.8 Å². The molecule has 2 atom stereocenters. The summed E-state index contributed by atoms with van der Waals surface area (Å²) in [7, 11) is 0. The zero-order chi connectivity index (χ0) is 21.2. The first-order valence-corrected chi connectivity index (χ1v) is 11.1. The molecule has 3 aromatic carbocycles. The first-order valence-electron chi connectivity index (χ1n) is 11.1. The first kappa shape index (κ1) is 19.9. The molecule has 3 aromatic rings. The Labute approximate surface area is 183 Å². The van der Waals surface area contributed by atoms with Gasteiger partial charge >= 0.3 is 0 Å². The minimum atomic E-state index is -0.0473. The SMILES string of the molecule is C[C@@H](NC(=O)CN1CCC[C@@H]1c1ccc2c(c1)OCCO2)c1cccc2ccccc12. The average molecular weight is 417 g/mol. The van der Waals surface area contributed by atoms with Crippen molar-refractivity contribution in [2.75, 3.05) is 26.3 Å². The van der Waals surface area contributed by atoms with Crippen LogP contribution < -0.4 is 14.8 Å². The number of ether oxygens (including phenoxy) is 2. The van der Waals surface area contributed by atoms with Crippen LogP contribution in [0.1, 0.15) is 43.0 Å². The normalized spacial score (nSPS) is 19.3. The Morgan fingerprint density at radius 1 is 1.06 bits per heavy atom. The van der Waals surface area contributed by atoms with Gasteiger partial charge in [-0.3, -0.25) is 9.69 Å². The summed E-state index contributed by atoms with van der Waals surface area (Å²) in [6.07, 6.45) is 2.14.